The molecule has 2 aromatic rings. The average Bonchev–Trinajstić information content (AvgIpc) is 2.47. The van der Waals surface area contributed by atoms with Crippen LogP contribution in [0.2, 0.25) is 0 Å². The van der Waals surface area contributed by atoms with Gasteiger partial charge in [0.15, 0.2) is 0 Å². The Bertz CT molecular complexity index is 406. The van der Waals surface area contributed by atoms with E-state index >= 15 is 0 Å². The summed E-state index contributed by atoms with van der Waals surface area (Å²) in [6, 6.07) is 9.87. The molecular weight excluding hydrogens is 148 g/mol. The van der Waals surface area contributed by atoms with Crippen LogP contribution in [0.15, 0.2) is 42.7 Å². The molecule has 1 heterocycles. The van der Waals surface area contributed by atoms with Gasteiger partial charge in [0.2, 0.25) is 0 Å². The van der Waals surface area contributed by atoms with Crippen LogP contribution in [0.25, 0.3) is 11.4 Å². The van der Waals surface area contributed by atoms with Gasteiger partial charge in [-0.3, -0.25) is 0 Å². The fraction of sp³-hybridized carbons (Fsp3) is 0.100. The van der Waals surface area contributed by atoms with Crippen LogP contribution >= 0.6 is 0 Å². The number of aryl methyl sites for hydroxylation is 1. The maximum atomic E-state index is 7.37. The van der Waals surface area contributed by atoms with E-state index in [0.29, 0.717) is 6.17 Å². The molecule has 0 bridgehead atoms. The Morgan fingerprint density at radius 1 is 1.33 bits per heavy atom. The van der Waals surface area contributed by atoms with E-state index in [1.807, 2.05) is 41.9 Å². The van der Waals surface area contributed by atoms with Crippen molar-refractivity contribution >= 4 is 0 Å². The third-order valence-corrected chi connectivity index (χ3v) is 1.79. The molecule has 2 rings (SSSR count). The minimum absolute atomic E-state index is 0.307. The number of imidazole rings is 1. The summed E-state index contributed by atoms with van der Waals surface area (Å²) in [5.41, 5.74) is 1.04. The van der Waals surface area contributed by atoms with E-state index in [9.17, 15) is 0 Å². The molecule has 1 aromatic heterocycles. The molecule has 0 fully saturated rings. The van der Waals surface area contributed by atoms with Crippen LogP contribution in [0.4, 0.5) is 0 Å². The minimum Gasteiger partial charge on any atom is -0.334 e. The minimum atomic E-state index is 0.307. The number of aromatic nitrogens is 2. The van der Waals surface area contributed by atoms with Gasteiger partial charge in [-0.25, -0.2) is 4.98 Å². The second-order valence-corrected chi connectivity index (χ2v) is 2.67. The van der Waals surface area contributed by atoms with Crippen LogP contribution in [0.5, 0.6) is 0 Å². The molecule has 0 unspecified atom stereocenters. The Balaban J connectivity index is 2.53. The second-order valence-electron chi connectivity index (χ2n) is 2.67. The lowest BCUT2D eigenvalue weighted by atomic mass is 10.2. The van der Waals surface area contributed by atoms with E-state index in [1.165, 1.54) is 0 Å². The molecule has 60 valence electrons. The Morgan fingerprint density at radius 3 is 2.67 bits per heavy atom. The number of hydrogen-bond donors (Lipinski definition) is 0. The van der Waals surface area contributed by atoms with Crippen LogP contribution in [0, 0.1) is 0 Å². The van der Waals surface area contributed by atoms with E-state index in [0.717, 1.165) is 11.4 Å². The van der Waals surface area contributed by atoms with Crippen LogP contribution in [0.3, 0.4) is 0 Å². The van der Waals surface area contributed by atoms with Crippen LogP contribution in [-0.2, 0) is 7.05 Å². The Kier molecular flexibility index (Phi) is 1.41. The van der Waals surface area contributed by atoms with Crippen molar-refractivity contribution in [3.05, 3.63) is 42.7 Å². The molecule has 0 aliphatic heterocycles. The van der Waals surface area contributed by atoms with Gasteiger partial charge < -0.3 is 4.57 Å². The highest BCUT2D eigenvalue weighted by molar-refractivity contribution is 5.54. The van der Waals surface area contributed by atoms with Gasteiger partial charge in [-0.05, 0) is 0 Å². The highest BCUT2D eigenvalue weighted by Gasteiger charge is 1.99. The molecule has 0 saturated heterocycles. The van der Waals surface area contributed by atoms with Crippen LogP contribution in [-0.4, -0.2) is 9.55 Å². The highest BCUT2D eigenvalue weighted by atomic mass is 15.0. The zero-order valence-corrected chi connectivity index (χ0v) is 6.86. The Morgan fingerprint density at radius 2 is 2.08 bits per heavy atom. The summed E-state index contributed by atoms with van der Waals surface area (Å²) in [4.78, 5) is 4.11. The molecule has 0 atom stereocenters. The smallest absolute Gasteiger partial charge is 0.139 e. The number of benzene rings is 1. The van der Waals surface area contributed by atoms with E-state index in [2.05, 4.69) is 4.98 Å². The van der Waals surface area contributed by atoms with Crippen LogP contribution < -0.4 is 0 Å². The largest absolute Gasteiger partial charge is 0.334 e. The summed E-state index contributed by atoms with van der Waals surface area (Å²) in [5.74, 6) is 0.839. The van der Waals surface area contributed by atoms with E-state index in [-0.39, 0.29) is 0 Å². The monoisotopic (exact) mass is 159 g/mol. The first-order valence-corrected chi connectivity index (χ1v) is 3.83. The first-order chi connectivity index (χ1) is 6.27. The molecule has 2 nitrogen and oxygen atoms in total. The van der Waals surface area contributed by atoms with Gasteiger partial charge >= 0.3 is 0 Å². The van der Waals surface area contributed by atoms with Gasteiger partial charge in [0, 0.05) is 25.0 Å². The van der Waals surface area contributed by atoms with Crippen molar-refractivity contribution < 1.29 is 1.37 Å². The summed E-state index contributed by atoms with van der Waals surface area (Å²) < 4.78 is 9.23. The molecule has 1 aromatic carbocycles. The maximum Gasteiger partial charge on any atom is 0.139 e. The number of hydrogen-bond acceptors (Lipinski definition) is 1. The molecule has 2 heteroatoms. The van der Waals surface area contributed by atoms with E-state index in [1.54, 1.807) is 6.20 Å². The first-order valence-electron chi connectivity index (χ1n) is 4.33. The predicted octanol–water partition coefficient (Wildman–Crippen LogP) is 2.09. The van der Waals surface area contributed by atoms with Crippen molar-refractivity contribution in [2.75, 3.05) is 0 Å². The zero-order valence-electron chi connectivity index (χ0n) is 7.86. The second kappa shape index (κ2) is 2.81. The Labute approximate surface area is 72.9 Å². The van der Waals surface area contributed by atoms with Gasteiger partial charge in [0.25, 0.3) is 0 Å². The van der Waals surface area contributed by atoms with Gasteiger partial charge in [-0.2, -0.15) is 0 Å². The topological polar surface area (TPSA) is 17.8 Å². The average molecular weight is 159 g/mol. The third-order valence-electron chi connectivity index (χ3n) is 1.79. The van der Waals surface area contributed by atoms with Crippen molar-refractivity contribution in [1.82, 2.24) is 9.55 Å². The van der Waals surface area contributed by atoms with E-state index < -0.39 is 0 Å². The molecule has 12 heavy (non-hydrogen) atoms. The Hall–Kier alpha value is -1.57. The lowest BCUT2D eigenvalue weighted by Gasteiger charge is -1.99. The molecule has 0 spiro atoms. The van der Waals surface area contributed by atoms with E-state index in [4.69, 9.17) is 1.37 Å². The maximum absolute atomic E-state index is 7.37. The first kappa shape index (κ1) is 6.00. The van der Waals surface area contributed by atoms with Crippen LogP contribution in [0.1, 0.15) is 1.37 Å². The van der Waals surface area contributed by atoms with Crippen molar-refractivity contribution in [3.8, 4) is 11.4 Å². The zero-order chi connectivity index (χ0) is 9.26. The van der Waals surface area contributed by atoms with Gasteiger partial charge in [-0.1, -0.05) is 30.3 Å². The summed E-state index contributed by atoms with van der Waals surface area (Å²) in [6.45, 7) is 0. The molecule has 0 aliphatic rings. The summed E-state index contributed by atoms with van der Waals surface area (Å²) >= 11 is 0. The molecule has 0 amide bonds. The number of rotatable bonds is 1. The highest BCUT2D eigenvalue weighted by Crippen LogP contribution is 2.14. The fourth-order valence-electron chi connectivity index (χ4n) is 1.17. The van der Waals surface area contributed by atoms with Gasteiger partial charge in [0.1, 0.15) is 5.82 Å². The van der Waals surface area contributed by atoms with Crippen molar-refractivity contribution in [2.45, 2.75) is 0 Å². The summed E-state index contributed by atoms with van der Waals surface area (Å²) in [6.07, 6.45) is 2.00. The summed E-state index contributed by atoms with van der Waals surface area (Å²) in [7, 11) is 1.90. The molecule has 0 radical (unpaired) electrons. The van der Waals surface area contributed by atoms with Crippen molar-refractivity contribution in [3.63, 3.8) is 0 Å². The molecule has 0 aliphatic carbocycles. The molecule has 0 N–H and O–H groups in total. The van der Waals surface area contributed by atoms with Gasteiger partial charge in [-0.15, -0.1) is 0 Å². The lowest BCUT2D eigenvalue weighted by Crippen LogP contribution is -1.89. The summed E-state index contributed by atoms with van der Waals surface area (Å²) in [5, 5.41) is 0. The SMILES string of the molecule is [2H]c1cn(C)c(-c2ccccc2)n1. The normalized spacial score (nSPS) is 11.2. The molecular formula is C10H10N2. The quantitative estimate of drug-likeness (QED) is 0.623. The molecule has 0 saturated carbocycles. The van der Waals surface area contributed by atoms with Crippen molar-refractivity contribution in [1.29, 1.82) is 0 Å². The van der Waals surface area contributed by atoms with Crippen molar-refractivity contribution in [2.24, 2.45) is 7.05 Å². The third kappa shape index (κ3) is 1.11. The fourth-order valence-corrected chi connectivity index (χ4v) is 1.17. The standard InChI is InChI=1S/C10H10N2/c1-12-8-7-11-10(12)9-5-3-2-4-6-9/h2-8H,1H3/i7D. The van der Waals surface area contributed by atoms with Gasteiger partial charge in [0.05, 0.1) is 1.37 Å². The predicted molar refractivity (Wildman–Crippen MR) is 48.6 cm³/mol. The lowest BCUT2D eigenvalue weighted by molar-refractivity contribution is 0.925. The number of nitrogens with zero attached hydrogens (tertiary/aromatic N) is 2.